The highest BCUT2D eigenvalue weighted by molar-refractivity contribution is 7.99. The Morgan fingerprint density at radius 3 is 2.85 bits per heavy atom. The Labute approximate surface area is 90.3 Å². The summed E-state index contributed by atoms with van der Waals surface area (Å²) >= 11 is 12.5. The largest absolute Gasteiger partial charge is 0.381 e. The molecule has 0 aromatic carbocycles. The summed E-state index contributed by atoms with van der Waals surface area (Å²) in [4.78, 5) is 7.91. The van der Waals surface area contributed by atoms with E-state index >= 15 is 0 Å². The molecule has 3 nitrogen and oxygen atoms in total. The zero-order chi connectivity index (χ0) is 9.68. The standard InChI is InChI=1S/C7H7Cl2N3S/c8-3-5(9)4-13-7-6(10)11-1-2-12-7/h1-3H,4H2,(H2,10,11)/b5-3-. The highest BCUT2D eigenvalue weighted by atomic mass is 35.5. The first kappa shape index (κ1) is 10.6. The minimum atomic E-state index is 0.409. The molecular formula is C7H7Cl2N3S. The Balaban J connectivity index is 2.60. The second-order valence-corrected chi connectivity index (χ2v) is 3.76. The monoisotopic (exact) mass is 235 g/mol. The number of hydrogen-bond acceptors (Lipinski definition) is 4. The Hall–Kier alpha value is -0.450. The van der Waals surface area contributed by atoms with Crippen molar-refractivity contribution in [2.75, 3.05) is 11.5 Å². The summed E-state index contributed by atoms with van der Waals surface area (Å²) in [5.41, 5.74) is 6.88. The van der Waals surface area contributed by atoms with Crippen molar-refractivity contribution >= 4 is 40.8 Å². The molecule has 0 aliphatic carbocycles. The molecule has 0 fully saturated rings. The normalized spacial score (nSPS) is 11.7. The fourth-order valence-electron chi connectivity index (χ4n) is 0.616. The van der Waals surface area contributed by atoms with Gasteiger partial charge in [-0.3, -0.25) is 0 Å². The van der Waals surface area contributed by atoms with E-state index in [1.54, 1.807) is 12.4 Å². The number of thioether (sulfide) groups is 1. The molecule has 6 heteroatoms. The van der Waals surface area contributed by atoms with Gasteiger partial charge in [-0.2, -0.15) is 0 Å². The van der Waals surface area contributed by atoms with Crippen molar-refractivity contribution in [3.05, 3.63) is 23.0 Å². The summed E-state index contributed by atoms with van der Waals surface area (Å²) in [6, 6.07) is 0. The fourth-order valence-corrected chi connectivity index (χ4v) is 1.64. The van der Waals surface area contributed by atoms with Gasteiger partial charge in [-0.05, 0) is 0 Å². The maximum Gasteiger partial charge on any atom is 0.156 e. The molecule has 1 aromatic rings. The van der Waals surface area contributed by atoms with E-state index in [0.717, 1.165) is 0 Å². The average Bonchev–Trinajstić information content (AvgIpc) is 2.16. The Morgan fingerprint density at radius 1 is 1.54 bits per heavy atom. The van der Waals surface area contributed by atoms with E-state index in [1.807, 2.05) is 0 Å². The molecule has 0 saturated carbocycles. The minimum Gasteiger partial charge on any atom is -0.381 e. The molecule has 0 atom stereocenters. The predicted molar refractivity (Wildman–Crippen MR) is 57.0 cm³/mol. The lowest BCUT2D eigenvalue weighted by Crippen LogP contribution is -1.95. The van der Waals surface area contributed by atoms with Crippen LogP contribution in [0.3, 0.4) is 0 Å². The lowest BCUT2D eigenvalue weighted by atomic mass is 10.7. The highest BCUT2D eigenvalue weighted by Gasteiger charge is 2.02. The minimum absolute atomic E-state index is 0.409. The first-order valence-electron chi connectivity index (χ1n) is 3.38. The smallest absolute Gasteiger partial charge is 0.156 e. The van der Waals surface area contributed by atoms with Gasteiger partial charge in [-0.15, -0.1) is 0 Å². The van der Waals surface area contributed by atoms with Crippen LogP contribution in [0, 0.1) is 0 Å². The van der Waals surface area contributed by atoms with Crippen LogP contribution in [0.1, 0.15) is 0 Å². The van der Waals surface area contributed by atoms with Gasteiger partial charge < -0.3 is 5.73 Å². The van der Waals surface area contributed by atoms with Crippen molar-refractivity contribution in [3.63, 3.8) is 0 Å². The van der Waals surface area contributed by atoms with Crippen LogP contribution in [-0.2, 0) is 0 Å². The number of halogens is 2. The van der Waals surface area contributed by atoms with Gasteiger partial charge in [0.1, 0.15) is 5.03 Å². The Kier molecular flexibility index (Phi) is 4.35. The van der Waals surface area contributed by atoms with Gasteiger partial charge in [0, 0.05) is 28.7 Å². The third-order valence-corrected chi connectivity index (χ3v) is 2.98. The third-order valence-electron chi connectivity index (χ3n) is 1.16. The van der Waals surface area contributed by atoms with E-state index in [0.29, 0.717) is 21.6 Å². The van der Waals surface area contributed by atoms with Gasteiger partial charge in [0.2, 0.25) is 0 Å². The molecule has 70 valence electrons. The zero-order valence-corrected chi connectivity index (χ0v) is 8.90. The van der Waals surface area contributed by atoms with Crippen molar-refractivity contribution in [2.45, 2.75) is 5.03 Å². The zero-order valence-electron chi connectivity index (χ0n) is 6.58. The van der Waals surface area contributed by atoms with E-state index in [2.05, 4.69) is 9.97 Å². The fraction of sp³-hybridized carbons (Fsp3) is 0.143. The van der Waals surface area contributed by atoms with Crippen LogP contribution in [-0.4, -0.2) is 15.7 Å². The summed E-state index contributed by atoms with van der Waals surface area (Å²) in [6.07, 6.45) is 3.12. The summed E-state index contributed by atoms with van der Waals surface area (Å²) in [5, 5.41) is 1.22. The molecular weight excluding hydrogens is 229 g/mol. The first-order valence-corrected chi connectivity index (χ1v) is 5.18. The molecule has 0 unspecified atom stereocenters. The van der Waals surface area contributed by atoms with Crippen molar-refractivity contribution in [1.29, 1.82) is 0 Å². The summed E-state index contributed by atoms with van der Waals surface area (Å²) in [5.74, 6) is 0.958. The van der Waals surface area contributed by atoms with E-state index in [1.165, 1.54) is 17.3 Å². The Morgan fingerprint density at radius 2 is 2.23 bits per heavy atom. The van der Waals surface area contributed by atoms with Crippen LogP contribution in [0.2, 0.25) is 0 Å². The maximum atomic E-state index is 5.69. The van der Waals surface area contributed by atoms with Crippen LogP contribution in [0.5, 0.6) is 0 Å². The van der Waals surface area contributed by atoms with Crippen molar-refractivity contribution in [3.8, 4) is 0 Å². The van der Waals surface area contributed by atoms with Crippen LogP contribution in [0.25, 0.3) is 0 Å². The van der Waals surface area contributed by atoms with Crippen molar-refractivity contribution in [1.82, 2.24) is 9.97 Å². The van der Waals surface area contributed by atoms with Crippen LogP contribution in [0.4, 0.5) is 5.82 Å². The number of aromatic nitrogens is 2. The van der Waals surface area contributed by atoms with Gasteiger partial charge in [0.15, 0.2) is 5.82 Å². The highest BCUT2D eigenvalue weighted by Crippen LogP contribution is 2.23. The number of rotatable bonds is 3. The van der Waals surface area contributed by atoms with Gasteiger partial charge in [0.25, 0.3) is 0 Å². The van der Waals surface area contributed by atoms with Crippen molar-refractivity contribution < 1.29 is 0 Å². The summed E-state index contributed by atoms with van der Waals surface area (Å²) < 4.78 is 0. The average molecular weight is 236 g/mol. The first-order chi connectivity index (χ1) is 6.24. The number of nitrogens with two attached hydrogens (primary N) is 1. The quantitative estimate of drug-likeness (QED) is 0.819. The van der Waals surface area contributed by atoms with Crippen LogP contribution >= 0.6 is 35.0 Å². The number of nitrogen functional groups attached to an aromatic ring is 1. The third kappa shape index (κ3) is 3.42. The predicted octanol–water partition coefficient (Wildman–Crippen LogP) is 2.47. The SMILES string of the molecule is Nc1nccnc1SC/C(Cl)=C/Cl. The lowest BCUT2D eigenvalue weighted by molar-refractivity contribution is 1.07. The maximum absolute atomic E-state index is 5.69. The molecule has 0 spiro atoms. The molecule has 0 saturated heterocycles. The molecule has 1 heterocycles. The molecule has 0 aliphatic rings. The molecule has 0 bridgehead atoms. The van der Waals surface area contributed by atoms with E-state index in [9.17, 15) is 0 Å². The Bertz CT molecular complexity index is 316. The van der Waals surface area contributed by atoms with Gasteiger partial charge >= 0.3 is 0 Å². The van der Waals surface area contributed by atoms with Gasteiger partial charge in [-0.25, -0.2) is 9.97 Å². The van der Waals surface area contributed by atoms with Gasteiger partial charge in [0.05, 0.1) is 0 Å². The molecule has 13 heavy (non-hydrogen) atoms. The lowest BCUT2D eigenvalue weighted by Gasteiger charge is -2.00. The molecule has 2 N–H and O–H groups in total. The number of anilines is 1. The van der Waals surface area contributed by atoms with E-state index in [4.69, 9.17) is 28.9 Å². The van der Waals surface area contributed by atoms with Crippen LogP contribution < -0.4 is 5.73 Å². The molecule has 1 aromatic heterocycles. The van der Waals surface area contributed by atoms with Crippen molar-refractivity contribution in [2.24, 2.45) is 0 Å². The second-order valence-electron chi connectivity index (χ2n) is 2.09. The second kappa shape index (κ2) is 5.32. The summed E-state index contributed by atoms with van der Waals surface area (Å²) in [6.45, 7) is 0. The van der Waals surface area contributed by atoms with Gasteiger partial charge in [-0.1, -0.05) is 35.0 Å². The molecule has 0 amide bonds. The number of nitrogens with zero attached hydrogens (tertiary/aromatic N) is 2. The van der Waals surface area contributed by atoms with Crippen LogP contribution in [0.15, 0.2) is 28.0 Å². The van der Waals surface area contributed by atoms with E-state index in [-0.39, 0.29) is 0 Å². The molecule has 0 radical (unpaired) electrons. The molecule has 0 aliphatic heterocycles. The number of hydrogen-bond donors (Lipinski definition) is 1. The van der Waals surface area contributed by atoms with E-state index < -0.39 is 0 Å². The summed E-state index contributed by atoms with van der Waals surface area (Å²) in [7, 11) is 0. The topological polar surface area (TPSA) is 51.8 Å². The molecule has 1 rings (SSSR count).